The highest BCUT2D eigenvalue weighted by Crippen LogP contribution is 2.32. The molecule has 0 saturated heterocycles. The molecule has 40 heavy (non-hydrogen) atoms. The Kier molecular flexibility index (Phi) is 9.84. The third-order valence-electron chi connectivity index (χ3n) is 6.05. The van der Waals surface area contributed by atoms with Gasteiger partial charge in [0, 0.05) is 0 Å². The molecule has 2 atom stereocenters. The van der Waals surface area contributed by atoms with E-state index in [1.165, 1.54) is 0 Å². The second-order valence-electron chi connectivity index (χ2n) is 8.85. The molecule has 0 fully saturated rings. The molecular weight excluding hydrogens is 504 g/mol. The van der Waals surface area contributed by atoms with Gasteiger partial charge in [0.2, 0.25) is 0 Å². The molecule has 0 radical (unpaired) electrons. The summed E-state index contributed by atoms with van der Waals surface area (Å²) < 4.78 is 25.4. The second-order valence-corrected chi connectivity index (χ2v) is 8.85. The van der Waals surface area contributed by atoms with Crippen LogP contribution < -0.4 is 18.9 Å². The van der Waals surface area contributed by atoms with Gasteiger partial charge in [-0.15, -0.1) is 0 Å². The van der Waals surface area contributed by atoms with Crippen molar-refractivity contribution in [1.29, 1.82) is 10.8 Å². The van der Waals surface area contributed by atoms with Crippen molar-refractivity contribution in [2.24, 2.45) is 9.98 Å². The highest BCUT2D eigenvalue weighted by atomic mass is 16.6. The third-order valence-corrected chi connectivity index (χ3v) is 6.05. The molecule has 2 N–H and O–H groups in total. The Balaban J connectivity index is 1.72. The lowest BCUT2D eigenvalue weighted by atomic mass is 10.2. The van der Waals surface area contributed by atoms with E-state index in [0.717, 1.165) is 11.1 Å². The smallest absolute Gasteiger partial charge is 0.173 e. The topological polar surface area (TPSA) is 109 Å². The lowest BCUT2D eigenvalue weighted by molar-refractivity contribution is -0.000519. The van der Waals surface area contributed by atoms with Gasteiger partial charge < -0.3 is 18.9 Å². The molecule has 0 aliphatic rings. The molecule has 2 unspecified atom stereocenters. The Morgan fingerprint density at radius 1 is 0.550 bits per heavy atom. The second kappa shape index (κ2) is 14.1. The van der Waals surface area contributed by atoms with E-state index in [4.69, 9.17) is 29.8 Å². The molecule has 4 aromatic rings. The Morgan fingerprint density at radius 3 is 1.27 bits per heavy atom. The Labute approximate surface area is 233 Å². The summed E-state index contributed by atoms with van der Waals surface area (Å²) in [5, 5.41) is 14.7. The van der Waals surface area contributed by atoms with Crippen LogP contribution in [0.3, 0.4) is 0 Å². The fourth-order valence-electron chi connectivity index (χ4n) is 3.96. The first-order chi connectivity index (χ1) is 19.6. The molecule has 0 aliphatic heterocycles. The van der Waals surface area contributed by atoms with Crippen LogP contribution in [0.1, 0.15) is 11.1 Å². The summed E-state index contributed by atoms with van der Waals surface area (Å²) in [5.41, 5.74) is 2.86. The molecule has 0 saturated carbocycles. The molecule has 0 amide bonds. The van der Waals surface area contributed by atoms with Crippen LogP contribution in [-0.4, -0.2) is 37.4 Å². The van der Waals surface area contributed by atoms with Crippen LogP contribution in [0.5, 0.6) is 23.0 Å². The van der Waals surface area contributed by atoms with Gasteiger partial charge in [-0.2, -0.15) is 9.98 Å². The van der Waals surface area contributed by atoms with Crippen molar-refractivity contribution in [3.63, 3.8) is 0 Å². The Bertz CT molecular complexity index is 1410. The van der Waals surface area contributed by atoms with E-state index in [1.807, 2.05) is 86.6 Å². The molecule has 8 heteroatoms. The molecule has 0 spiro atoms. The lowest BCUT2D eigenvalue weighted by Gasteiger charge is -2.29. The summed E-state index contributed by atoms with van der Waals surface area (Å²) in [4.78, 5) is 8.03. The van der Waals surface area contributed by atoms with E-state index in [1.54, 1.807) is 24.3 Å². The highest BCUT2D eigenvalue weighted by Gasteiger charge is 2.29. The number of hydrogen-bond donors (Lipinski definition) is 2. The first kappa shape index (κ1) is 27.9. The van der Waals surface area contributed by atoms with Crippen LogP contribution in [0.2, 0.25) is 0 Å². The SMILES string of the molecule is Cc1ccccc1OCC(Oc1ccccc1N=C=N)C(COc1ccccc1C)Oc1ccccc1N=C=N. The number of rotatable bonds is 13. The van der Waals surface area contributed by atoms with Crippen LogP contribution >= 0.6 is 0 Å². The van der Waals surface area contributed by atoms with Crippen LogP contribution in [0, 0.1) is 24.7 Å². The Morgan fingerprint density at radius 2 is 0.900 bits per heavy atom. The molecule has 8 nitrogen and oxygen atoms in total. The van der Waals surface area contributed by atoms with Gasteiger partial charge in [-0.1, -0.05) is 60.7 Å². The quantitative estimate of drug-likeness (QED) is 0.174. The number of aliphatic imine (C=N–C) groups is 2. The summed E-state index contributed by atoms with van der Waals surface area (Å²) in [6.45, 7) is 4.18. The standard InChI is InChI=1S/C32H30N4O4/c1-23-11-3-7-15-27(23)37-19-31(39-29-17-9-5-13-25(29)35-21-33)32(20-38-28-16-8-4-12-24(28)2)40-30-18-10-6-14-26(30)36-22-34/h3-18,31-34H,19-20H2,1-2H3. The van der Waals surface area contributed by atoms with Gasteiger partial charge in [0.15, 0.2) is 12.2 Å². The number of hydrogen-bond acceptors (Lipinski definition) is 8. The fraction of sp³-hybridized carbons (Fsp3) is 0.188. The number of nitrogens with zero attached hydrogens (tertiary/aromatic N) is 2. The van der Waals surface area contributed by atoms with E-state index in [0.29, 0.717) is 34.4 Å². The average Bonchev–Trinajstić information content (AvgIpc) is 2.97. The van der Waals surface area contributed by atoms with Crippen molar-refractivity contribution in [2.75, 3.05) is 13.2 Å². The van der Waals surface area contributed by atoms with E-state index in [-0.39, 0.29) is 13.2 Å². The van der Waals surface area contributed by atoms with Gasteiger partial charge in [-0.05, 0) is 61.4 Å². The maximum absolute atomic E-state index is 7.34. The van der Waals surface area contributed by atoms with E-state index < -0.39 is 12.2 Å². The average molecular weight is 535 g/mol. The monoisotopic (exact) mass is 534 g/mol. The maximum Gasteiger partial charge on any atom is 0.173 e. The molecule has 4 rings (SSSR count). The van der Waals surface area contributed by atoms with Gasteiger partial charge in [0.05, 0.1) is 12.0 Å². The zero-order valence-corrected chi connectivity index (χ0v) is 22.3. The molecular formula is C32H30N4O4. The van der Waals surface area contributed by atoms with Crippen molar-refractivity contribution < 1.29 is 18.9 Å². The van der Waals surface area contributed by atoms with Crippen LogP contribution in [0.25, 0.3) is 0 Å². The van der Waals surface area contributed by atoms with Gasteiger partial charge in [-0.3, -0.25) is 0 Å². The van der Waals surface area contributed by atoms with Crippen LogP contribution in [0.15, 0.2) is 107 Å². The maximum atomic E-state index is 7.34. The van der Waals surface area contributed by atoms with E-state index >= 15 is 0 Å². The predicted octanol–water partition coefficient (Wildman–Crippen LogP) is 7.42. The zero-order valence-electron chi connectivity index (χ0n) is 22.3. The minimum Gasteiger partial charge on any atom is -0.489 e. The van der Waals surface area contributed by atoms with Gasteiger partial charge in [0.25, 0.3) is 0 Å². The zero-order chi connectivity index (χ0) is 28.2. The number of ether oxygens (including phenoxy) is 4. The van der Waals surface area contributed by atoms with E-state index in [2.05, 4.69) is 22.0 Å². The predicted molar refractivity (Wildman–Crippen MR) is 155 cm³/mol. The van der Waals surface area contributed by atoms with Crippen molar-refractivity contribution in [3.05, 3.63) is 108 Å². The summed E-state index contributed by atoms with van der Waals surface area (Å²) >= 11 is 0. The number of para-hydroxylation sites is 6. The normalized spacial score (nSPS) is 11.8. The Hall–Kier alpha value is -5.16. The molecule has 4 aromatic carbocycles. The van der Waals surface area contributed by atoms with Gasteiger partial charge >= 0.3 is 0 Å². The van der Waals surface area contributed by atoms with Crippen molar-refractivity contribution in [1.82, 2.24) is 0 Å². The number of nitrogens with one attached hydrogen (secondary N) is 2. The molecule has 202 valence electrons. The lowest BCUT2D eigenvalue weighted by Crippen LogP contribution is -2.44. The third kappa shape index (κ3) is 7.45. The fourth-order valence-corrected chi connectivity index (χ4v) is 3.96. The van der Waals surface area contributed by atoms with Crippen LogP contribution in [-0.2, 0) is 0 Å². The van der Waals surface area contributed by atoms with Crippen LogP contribution in [0.4, 0.5) is 11.4 Å². The number of benzene rings is 4. The molecule has 0 aromatic heterocycles. The highest BCUT2D eigenvalue weighted by molar-refractivity contribution is 5.59. The summed E-state index contributed by atoms with van der Waals surface area (Å²) in [5.74, 6) is 2.32. The molecule has 0 bridgehead atoms. The van der Waals surface area contributed by atoms with Crippen molar-refractivity contribution in [3.8, 4) is 23.0 Å². The molecule has 0 aliphatic carbocycles. The first-order valence-electron chi connectivity index (χ1n) is 12.7. The first-order valence-corrected chi connectivity index (χ1v) is 12.7. The number of aryl methyl sites for hydroxylation is 2. The van der Waals surface area contributed by atoms with Gasteiger partial charge in [-0.25, -0.2) is 10.8 Å². The van der Waals surface area contributed by atoms with Gasteiger partial charge in [0.1, 0.15) is 47.6 Å². The largest absolute Gasteiger partial charge is 0.489 e. The summed E-state index contributed by atoms with van der Waals surface area (Å²) in [6.07, 6.45) is -1.38. The minimum absolute atomic E-state index is 0.116. The van der Waals surface area contributed by atoms with Crippen molar-refractivity contribution in [2.45, 2.75) is 26.1 Å². The molecule has 0 heterocycles. The summed E-state index contributed by atoms with van der Waals surface area (Å²) in [6, 6.07) is 33.9. The van der Waals surface area contributed by atoms with E-state index in [9.17, 15) is 0 Å². The van der Waals surface area contributed by atoms with Crippen molar-refractivity contribution >= 4 is 23.4 Å². The minimum atomic E-state index is -0.692. The summed E-state index contributed by atoms with van der Waals surface area (Å²) in [7, 11) is 0.